The summed E-state index contributed by atoms with van der Waals surface area (Å²) in [4.78, 5) is 27.5. The highest BCUT2D eigenvalue weighted by molar-refractivity contribution is 6.16. The molecule has 5 nitrogen and oxygen atoms in total. The van der Waals surface area contributed by atoms with Crippen LogP contribution in [0.2, 0.25) is 0 Å². The Labute approximate surface area is 501 Å². The highest BCUT2D eigenvalue weighted by Gasteiger charge is 2.52. The Morgan fingerprint density at radius 2 is 0.767 bits per heavy atom. The topological polar surface area (TPSA) is 63.4 Å². The van der Waals surface area contributed by atoms with Gasteiger partial charge in [-0.3, -0.25) is 0 Å². The van der Waals surface area contributed by atoms with Gasteiger partial charge in [0.1, 0.15) is 5.82 Å². The van der Waals surface area contributed by atoms with Gasteiger partial charge in [0.25, 0.3) is 0 Å². The van der Waals surface area contributed by atoms with Crippen molar-refractivity contribution in [3.05, 3.63) is 354 Å². The molecule has 0 bridgehead atoms. The van der Waals surface area contributed by atoms with Crippen LogP contribution in [0, 0.1) is 0 Å². The molecule has 2 heterocycles. The molecule has 1 aliphatic heterocycles. The summed E-state index contributed by atoms with van der Waals surface area (Å²) in [5, 5.41) is 0. The standard InChI is InChI=1S/C81H55N5/c1-5-21-53(22-6-1)57-29-17-33-61(47-57)75-45-46-76(83-77(82-75)63-34-18-30-58(48-63)54-23-7-2-8-24-54)62-41-43-69-70-44-42-66(52-74(70)81(73(69)51-62)71-39-15-13-37-67(71)68-38-14-16-40-72(68)81)80-85-78(64-35-19-31-59(49-64)55-25-9-3-10-26-55)84-79(86-80)65-36-20-32-60(50-65)56-27-11-4-12-28-56/h1-35,37-45,47-52,65H,36,46H2. The van der Waals surface area contributed by atoms with Gasteiger partial charge in [-0.1, -0.05) is 273 Å². The van der Waals surface area contributed by atoms with Crippen LogP contribution in [-0.4, -0.2) is 26.5 Å². The van der Waals surface area contributed by atoms with E-state index in [0.29, 0.717) is 23.9 Å². The zero-order chi connectivity index (χ0) is 57.0. The fraction of sp³-hybridized carbons (Fsp3) is 0.0494. The van der Waals surface area contributed by atoms with E-state index in [1.54, 1.807) is 0 Å². The largest absolute Gasteiger partial charge is 0.232 e. The van der Waals surface area contributed by atoms with Gasteiger partial charge in [0, 0.05) is 34.6 Å². The molecule has 0 saturated carbocycles. The second kappa shape index (κ2) is 21.3. The summed E-state index contributed by atoms with van der Waals surface area (Å²) in [6.45, 7) is 0. The minimum absolute atomic E-state index is 0.0688. The molecule has 1 aromatic heterocycles. The highest BCUT2D eigenvalue weighted by atomic mass is 15.0. The molecule has 0 saturated heterocycles. The van der Waals surface area contributed by atoms with Gasteiger partial charge in [-0.15, -0.1) is 0 Å². The van der Waals surface area contributed by atoms with Crippen molar-refractivity contribution in [2.24, 2.45) is 9.98 Å². The first kappa shape index (κ1) is 50.7. The molecular weight excluding hydrogens is 1040 g/mol. The van der Waals surface area contributed by atoms with Gasteiger partial charge in [0.05, 0.1) is 16.8 Å². The maximum atomic E-state index is 5.65. The number of rotatable bonds is 10. The molecule has 5 heteroatoms. The molecule has 16 rings (SSSR count). The van der Waals surface area contributed by atoms with Gasteiger partial charge < -0.3 is 0 Å². The molecule has 4 aliphatic rings. The average molecular weight is 1100 g/mol. The van der Waals surface area contributed by atoms with Crippen LogP contribution in [0.1, 0.15) is 69.1 Å². The van der Waals surface area contributed by atoms with E-state index in [0.717, 1.165) is 90.4 Å². The SMILES string of the molecule is C1=CC(c2ccccc2)=CC(c2nc(-c3cccc(-c4ccccc4)c3)nc(-c3ccc4c(c3)C3(c5ccccc5-c5ccccc53)c3cc(C5=NC(c6cccc(-c7ccccc7)c6)=NC(c6cccc(-c7ccccc7)c6)=CC5)ccc3-4)n2)C1. The van der Waals surface area contributed by atoms with Gasteiger partial charge in [0.2, 0.25) is 0 Å². The molecule has 1 spiro atoms. The molecule has 3 aliphatic carbocycles. The van der Waals surface area contributed by atoms with Crippen molar-refractivity contribution in [3.8, 4) is 78.4 Å². The average Bonchev–Trinajstić information content (AvgIpc) is 1.52. The maximum absolute atomic E-state index is 5.65. The minimum Gasteiger partial charge on any atom is -0.232 e. The van der Waals surface area contributed by atoms with Crippen molar-refractivity contribution in [2.75, 3.05) is 0 Å². The zero-order valence-electron chi connectivity index (χ0n) is 47.1. The van der Waals surface area contributed by atoms with Gasteiger partial charge in [-0.05, 0) is 131 Å². The van der Waals surface area contributed by atoms with Crippen molar-refractivity contribution in [3.63, 3.8) is 0 Å². The Bertz CT molecular complexity index is 4760. The monoisotopic (exact) mass is 1100 g/mol. The van der Waals surface area contributed by atoms with Crippen LogP contribution in [0.5, 0.6) is 0 Å². The van der Waals surface area contributed by atoms with Gasteiger partial charge in [-0.25, -0.2) is 24.9 Å². The van der Waals surface area contributed by atoms with Crippen molar-refractivity contribution in [1.82, 2.24) is 15.0 Å². The maximum Gasteiger partial charge on any atom is 0.163 e. The van der Waals surface area contributed by atoms with Gasteiger partial charge >= 0.3 is 0 Å². The molecule has 0 N–H and O–H groups in total. The normalized spacial score (nSPS) is 15.1. The summed E-state index contributed by atoms with van der Waals surface area (Å²) >= 11 is 0. The van der Waals surface area contributed by atoms with E-state index in [-0.39, 0.29) is 5.92 Å². The van der Waals surface area contributed by atoms with Crippen LogP contribution < -0.4 is 0 Å². The van der Waals surface area contributed by atoms with E-state index in [9.17, 15) is 0 Å². The van der Waals surface area contributed by atoms with E-state index in [2.05, 4.69) is 303 Å². The Morgan fingerprint density at radius 3 is 1.36 bits per heavy atom. The molecule has 404 valence electrons. The molecular formula is C81H55N5. The fourth-order valence-electron chi connectivity index (χ4n) is 13.4. The Hall–Kier alpha value is -11.0. The number of allylic oxidation sites excluding steroid dienone is 5. The van der Waals surface area contributed by atoms with E-state index < -0.39 is 5.41 Å². The lowest BCUT2D eigenvalue weighted by molar-refractivity contribution is 0.766. The van der Waals surface area contributed by atoms with Crippen molar-refractivity contribution in [2.45, 2.75) is 24.2 Å². The molecule has 0 radical (unpaired) electrons. The number of aliphatic imine (C=N–C) groups is 2. The van der Waals surface area contributed by atoms with Gasteiger partial charge in [-0.2, -0.15) is 0 Å². The summed E-state index contributed by atoms with van der Waals surface area (Å²) in [6, 6.07) is 100. The lowest BCUT2D eigenvalue weighted by Crippen LogP contribution is -2.26. The van der Waals surface area contributed by atoms with Crippen molar-refractivity contribution >= 4 is 22.8 Å². The van der Waals surface area contributed by atoms with Crippen molar-refractivity contribution < 1.29 is 0 Å². The van der Waals surface area contributed by atoms with Crippen molar-refractivity contribution in [1.29, 1.82) is 0 Å². The van der Waals surface area contributed by atoms with Crippen LogP contribution in [0.15, 0.2) is 313 Å². The molecule has 1 atom stereocenters. The number of aromatic nitrogens is 3. The summed E-state index contributed by atoms with van der Waals surface area (Å²) in [5.74, 6) is 2.63. The van der Waals surface area contributed by atoms with Crippen LogP contribution in [0.25, 0.3) is 89.7 Å². The highest BCUT2D eigenvalue weighted by Crippen LogP contribution is 2.63. The lowest BCUT2D eigenvalue weighted by atomic mass is 9.70. The summed E-state index contributed by atoms with van der Waals surface area (Å²) in [5.41, 5.74) is 25.0. The second-order valence-electron chi connectivity index (χ2n) is 22.6. The predicted molar refractivity (Wildman–Crippen MR) is 353 cm³/mol. The van der Waals surface area contributed by atoms with E-state index >= 15 is 0 Å². The third-order valence-corrected chi connectivity index (χ3v) is 17.5. The van der Waals surface area contributed by atoms with Crippen LogP contribution >= 0.6 is 0 Å². The van der Waals surface area contributed by atoms with E-state index in [1.165, 1.54) is 50.1 Å². The Kier molecular flexibility index (Phi) is 12.6. The third kappa shape index (κ3) is 8.91. The second-order valence-corrected chi connectivity index (χ2v) is 22.6. The smallest absolute Gasteiger partial charge is 0.163 e. The number of nitrogens with zero attached hydrogens (tertiary/aromatic N) is 5. The Morgan fingerprint density at radius 1 is 0.326 bits per heavy atom. The minimum atomic E-state index is -0.681. The van der Waals surface area contributed by atoms with Gasteiger partial charge in [0.15, 0.2) is 17.5 Å². The first-order chi connectivity index (χ1) is 42.6. The first-order valence-electron chi connectivity index (χ1n) is 29.6. The zero-order valence-corrected chi connectivity index (χ0v) is 47.1. The summed E-state index contributed by atoms with van der Waals surface area (Å²) in [7, 11) is 0. The third-order valence-electron chi connectivity index (χ3n) is 17.5. The lowest BCUT2D eigenvalue weighted by Gasteiger charge is -2.31. The quantitative estimate of drug-likeness (QED) is 0.137. The van der Waals surface area contributed by atoms with E-state index in [4.69, 9.17) is 24.9 Å². The number of hydrogen-bond donors (Lipinski definition) is 0. The number of fused-ring (bicyclic) bond motifs is 10. The summed E-state index contributed by atoms with van der Waals surface area (Å²) in [6.07, 6.45) is 10.4. The fourth-order valence-corrected chi connectivity index (χ4v) is 13.4. The van der Waals surface area contributed by atoms with Crippen LogP contribution in [0.4, 0.5) is 0 Å². The van der Waals surface area contributed by atoms with E-state index in [1.807, 2.05) is 0 Å². The Balaban J connectivity index is 0.861. The van der Waals surface area contributed by atoms with Crippen LogP contribution in [0.3, 0.4) is 0 Å². The molecule has 12 aromatic rings. The molecule has 1 unspecified atom stereocenters. The molecule has 0 amide bonds. The first-order valence-corrected chi connectivity index (χ1v) is 29.6. The molecule has 0 fully saturated rings. The molecule has 86 heavy (non-hydrogen) atoms. The van der Waals surface area contributed by atoms with Crippen LogP contribution in [-0.2, 0) is 5.41 Å². The molecule has 11 aromatic carbocycles. The number of benzene rings is 11. The summed E-state index contributed by atoms with van der Waals surface area (Å²) < 4.78 is 0. The number of hydrogen-bond acceptors (Lipinski definition) is 5. The predicted octanol–water partition coefficient (Wildman–Crippen LogP) is 19.4. The number of amidine groups is 1.